The van der Waals surface area contributed by atoms with Crippen LogP contribution in [0.1, 0.15) is 0 Å². The van der Waals surface area contributed by atoms with Gasteiger partial charge in [0.25, 0.3) is 0 Å². The summed E-state index contributed by atoms with van der Waals surface area (Å²) in [6.45, 7) is 0. The molecule has 0 aliphatic rings. The molecule has 0 bridgehead atoms. The summed E-state index contributed by atoms with van der Waals surface area (Å²) in [5, 5.41) is 0. The van der Waals surface area contributed by atoms with E-state index in [9.17, 15) is 0 Å². The van der Waals surface area contributed by atoms with Crippen molar-refractivity contribution in [2.75, 3.05) is 4.90 Å². The van der Waals surface area contributed by atoms with E-state index in [0.29, 0.717) is 0 Å². The molecule has 0 heterocycles. The number of benzene rings is 4. The Kier molecular flexibility index (Phi) is 4.30. The molecular weight excluding hydrogens is 302 g/mol. The van der Waals surface area contributed by atoms with E-state index in [1.54, 1.807) is 0 Å². The van der Waals surface area contributed by atoms with Crippen LogP contribution in [0, 0.1) is 0 Å². The van der Waals surface area contributed by atoms with Gasteiger partial charge < -0.3 is 4.90 Å². The monoisotopic (exact) mass is 321 g/mol. The first-order valence-electron chi connectivity index (χ1n) is 8.47. The van der Waals surface area contributed by atoms with Gasteiger partial charge >= 0.3 is 0 Å². The molecule has 0 radical (unpaired) electrons. The van der Waals surface area contributed by atoms with Crippen LogP contribution in [0.15, 0.2) is 115 Å². The van der Waals surface area contributed by atoms with E-state index >= 15 is 0 Å². The lowest BCUT2D eigenvalue weighted by atomic mass is 10.0. The average Bonchev–Trinajstić information content (AvgIpc) is 2.71. The fourth-order valence-electron chi connectivity index (χ4n) is 3.06. The maximum Gasteiger partial charge on any atom is 0.0467 e. The SMILES string of the molecule is c1ccc(-c2cccc(N(c3ccccc3)c3ccccc3)c2)cc1. The molecule has 0 N–H and O–H groups in total. The molecule has 120 valence electrons. The molecule has 0 fully saturated rings. The van der Waals surface area contributed by atoms with Crippen molar-refractivity contribution in [1.82, 2.24) is 0 Å². The summed E-state index contributed by atoms with van der Waals surface area (Å²) >= 11 is 0. The van der Waals surface area contributed by atoms with Gasteiger partial charge in [-0.3, -0.25) is 0 Å². The second-order valence-corrected chi connectivity index (χ2v) is 5.92. The van der Waals surface area contributed by atoms with Crippen molar-refractivity contribution >= 4 is 17.1 Å². The van der Waals surface area contributed by atoms with Gasteiger partial charge in [0.2, 0.25) is 0 Å². The molecule has 1 nitrogen and oxygen atoms in total. The lowest BCUT2D eigenvalue weighted by Gasteiger charge is -2.25. The largest absolute Gasteiger partial charge is 0.310 e. The minimum atomic E-state index is 1.15. The van der Waals surface area contributed by atoms with Gasteiger partial charge in [-0.1, -0.05) is 78.9 Å². The molecule has 25 heavy (non-hydrogen) atoms. The quantitative estimate of drug-likeness (QED) is 0.398. The minimum absolute atomic E-state index is 1.15. The molecule has 4 aromatic carbocycles. The van der Waals surface area contributed by atoms with Crippen LogP contribution in [0.3, 0.4) is 0 Å². The molecule has 0 spiro atoms. The second kappa shape index (κ2) is 7.06. The number of hydrogen-bond acceptors (Lipinski definition) is 1. The zero-order chi connectivity index (χ0) is 16.9. The average molecular weight is 321 g/mol. The zero-order valence-corrected chi connectivity index (χ0v) is 13.9. The van der Waals surface area contributed by atoms with Crippen LogP contribution in [0.5, 0.6) is 0 Å². The highest BCUT2D eigenvalue weighted by molar-refractivity contribution is 5.79. The maximum atomic E-state index is 2.28. The van der Waals surface area contributed by atoms with Gasteiger partial charge in [-0.2, -0.15) is 0 Å². The van der Waals surface area contributed by atoms with E-state index in [1.165, 1.54) is 11.1 Å². The second-order valence-electron chi connectivity index (χ2n) is 5.92. The summed E-state index contributed by atoms with van der Waals surface area (Å²) in [5.74, 6) is 0. The summed E-state index contributed by atoms with van der Waals surface area (Å²) < 4.78 is 0. The summed E-state index contributed by atoms with van der Waals surface area (Å²) in [6, 6.07) is 40.1. The van der Waals surface area contributed by atoms with Gasteiger partial charge in [0.05, 0.1) is 0 Å². The molecule has 0 unspecified atom stereocenters. The van der Waals surface area contributed by atoms with Crippen LogP contribution in [0.2, 0.25) is 0 Å². The van der Waals surface area contributed by atoms with E-state index in [2.05, 4.69) is 102 Å². The van der Waals surface area contributed by atoms with Gasteiger partial charge in [0.1, 0.15) is 0 Å². The Balaban J connectivity index is 1.83. The van der Waals surface area contributed by atoms with Crippen molar-refractivity contribution in [3.8, 4) is 11.1 Å². The van der Waals surface area contributed by atoms with Gasteiger partial charge in [-0.05, 0) is 47.5 Å². The predicted molar refractivity (Wildman–Crippen MR) is 107 cm³/mol. The van der Waals surface area contributed by atoms with E-state index in [4.69, 9.17) is 0 Å². The van der Waals surface area contributed by atoms with Crippen LogP contribution in [-0.2, 0) is 0 Å². The van der Waals surface area contributed by atoms with Crippen molar-refractivity contribution in [3.05, 3.63) is 115 Å². The van der Waals surface area contributed by atoms with E-state index in [-0.39, 0.29) is 0 Å². The lowest BCUT2D eigenvalue weighted by Crippen LogP contribution is -2.09. The minimum Gasteiger partial charge on any atom is -0.310 e. The van der Waals surface area contributed by atoms with Crippen LogP contribution in [0.4, 0.5) is 17.1 Å². The molecule has 0 saturated heterocycles. The number of anilines is 3. The van der Waals surface area contributed by atoms with Crippen LogP contribution in [0.25, 0.3) is 11.1 Å². The van der Waals surface area contributed by atoms with E-state index in [0.717, 1.165) is 17.1 Å². The smallest absolute Gasteiger partial charge is 0.0467 e. The first-order chi connectivity index (χ1) is 12.4. The molecule has 0 amide bonds. The summed E-state index contributed by atoms with van der Waals surface area (Å²) in [6.07, 6.45) is 0. The Morgan fingerprint density at radius 2 is 0.800 bits per heavy atom. The van der Waals surface area contributed by atoms with Crippen molar-refractivity contribution in [1.29, 1.82) is 0 Å². The molecule has 0 aromatic heterocycles. The molecule has 0 saturated carbocycles. The van der Waals surface area contributed by atoms with Crippen LogP contribution < -0.4 is 4.90 Å². The first kappa shape index (κ1) is 15.2. The molecule has 0 aliphatic heterocycles. The van der Waals surface area contributed by atoms with Crippen molar-refractivity contribution < 1.29 is 0 Å². The number of hydrogen-bond donors (Lipinski definition) is 0. The van der Waals surface area contributed by atoms with Gasteiger partial charge in [0.15, 0.2) is 0 Å². The van der Waals surface area contributed by atoms with E-state index < -0.39 is 0 Å². The summed E-state index contributed by atoms with van der Waals surface area (Å²) in [7, 11) is 0. The maximum absolute atomic E-state index is 2.28. The molecule has 1 heteroatoms. The Morgan fingerprint density at radius 1 is 0.360 bits per heavy atom. The third-order valence-corrected chi connectivity index (χ3v) is 4.24. The number of rotatable bonds is 4. The highest BCUT2D eigenvalue weighted by Gasteiger charge is 2.12. The summed E-state index contributed by atoms with van der Waals surface area (Å²) in [4.78, 5) is 2.28. The third kappa shape index (κ3) is 3.31. The van der Waals surface area contributed by atoms with Crippen LogP contribution in [-0.4, -0.2) is 0 Å². The highest BCUT2D eigenvalue weighted by Crippen LogP contribution is 2.35. The van der Waals surface area contributed by atoms with Crippen molar-refractivity contribution in [2.24, 2.45) is 0 Å². The number of nitrogens with zero attached hydrogens (tertiary/aromatic N) is 1. The Labute approximate surface area is 148 Å². The topological polar surface area (TPSA) is 3.24 Å². The zero-order valence-electron chi connectivity index (χ0n) is 13.9. The van der Waals surface area contributed by atoms with E-state index in [1.807, 2.05) is 18.2 Å². The Morgan fingerprint density at radius 3 is 1.36 bits per heavy atom. The fourth-order valence-corrected chi connectivity index (χ4v) is 3.06. The molecular formula is C24H19N. The number of para-hydroxylation sites is 2. The highest BCUT2D eigenvalue weighted by atomic mass is 15.1. The lowest BCUT2D eigenvalue weighted by molar-refractivity contribution is 1.28. The first-order valence-corrected chi connectivity index (χ1v) is 8.47. The molecule has 4 rings (SSSR count). The fraction of sp³-hybridized carbons (Fsp3) is 0. The predicted octanol–water partition coefficient (Wildman–Crippen LogP) is 6.82. The van der Waals surface area contributed by atoms with Crippen LogP contribution >= 0.6 is 0 Å². The summed E-state index contributed by atoms with van der Waals surface area (Å²) in [5.41, 5.74) is 5.90. The standard InChI is InChI=1S/C24H19N/c1-4-11-20(12-5-1)21-13-10-18-24(19-21)25(22-14-6-2-7-15-22)23-16-8-3-9-17-23/h1-19H. The molecule has 0 aliphatic carbocycles. The van der Waals surface area contributed by atoms with Gasteiger partial charge in [0, 0.05) is 17.1 Å². The Hall–Kier alpha value is -3.32. The Bertz CT molecular complexity index is 892. The molecule has 0 atom stereocenters. The normalized spacial score (nSPS) is 10.4. The van der Waals surface area contributed by atoms with Crippen molar-refractivity contribution in [2.45, 2.75) is 0 Å². The third-order valence-electron chi connectivity index (χ3n) is 4.24. The van der Waals surface area contributed by atoms with Crippen molar-refractivity contribution in [3.63, 3.8) is 0 Å². The van der Waals surface area contributed by atoms with Gasteiger partial charge in [-0.25, -0.2) is 0 Å². The van der Waals surface area contributed by atoms with Gasteiger partial charge in [-0.15, -0.1) is 0 Å². The molecule has 4 aromatic rings.